The summed E-state index contributed by atoms with van der Waals surface area (Å²) in [7, 11) is 10.4. The Morgan fingerprint density at radius 1 is 0.419 bits per heavy atom. The SMILES string of the molecule is Cn1cc(CC(=O)c2nc(CC(=O)c3nc(CC(=O)c4nc(CC(=O)c5nc(CC(C)(C)C)cn5C)cn4C)cn3C)cn2C)cc1C(=O)Cc1cc(C(=O)C(C)(C)C)n(C)c1. The molecule has 0 aromatic carbocycles. The third-order valence-corrected chi connectivity index (χ3v) is 10.5. The Labute approximate surface area is 361 Å². The van der Waals surface area contributed by atoms with Gasteiger partial charge in [-0.05, 0) is 35.1 Å². The molecule has 0 amide bonds. The van der Waals surface area contributed by atoms with Crippen molar-refractivity contribution in [1.82, 2.24) is 47.3 Å². The van der Waals surface area contributed by atoms with E-state index in [1.165, 1.54) is 0 Å². The Kier molecular flexibility index (Phi) is 12.4. The van der Waals surface area contributed by atoms with Crippen LogP contribution in [0.4, 0.5) is 0 Å². The highest BCUT2D eigenvalue weighted by molar-refractivity contribution is 6.01. The van der Waals surface area contributed by atoms with Gasteiger partial charge in [0.2, 0.25) is 23.1 Å². The largest absolute Gasteiger partial charge is 0.348 e. The van der Waals surface area contributed by atoms with Crippen LogP contribution in [0.2, 0.25) is 0 Å². The molecule has 6 heterocycles. The van der Waals surface area contributed by atoms with Crippen LogP contribution in [0.3, 0.4) is 0 Å². The lowest BCUT2D eigenvalue weighted by Crippen LogP contribution is -2.22. The average molecular weight is 845 g/mol. The number of hydrogen-bond acceptors (Lipinski definition) is 10. The van der Waals surface area contributed by atoms with Gasteiger partial charge in [-0.25, -0.2) is 19.9 Å². The van der Waals surface area contributed by atoms with Gasteiger partial charge in [-0.2, -0.15) is 0 Å². The molecule has 0 aliphatic heterocycles. The second-order valence-corrected chi connectivity index (χ2v) is 18.7. The van der Waals surface area contributed by atoms with Gasteiger partial charge in [0.1, 0.15) is 0 Å². The van der Waals surface area contributed by atoms with Gasteiger partial charge in [0.05, 0.1) is 53.4 Å². The second kappa shape index (κ2) is 17.1. The molecule has 6 aromatic heterocycles. The summed E-state index contributed by atoms with van der Waals surface area (Å²) >= 11 is 0. The van der Waals surface area contributed by atoms with Crippen LogP contribution in [-0.4, -0.2) is 82.0 Å². The summed E-state index contributed by atoms with van der Waals surface area (Å²) in [6.07, 6.45) is 10.8. The summed E-state index contributed by atoms with van der Waals surface area (Å²) in [5.74, 6) is -0.515. The first kappa shape index (κ1) is 45.0. The summed E-state index contributed by atoms with van der Waals surface area (Å²) in [5, 5.41) is 0. The van der Waals surface area contributed by atoms with Crippen molar-refractivity contribution in [3.8, 4) is 0 Å². The van der Waals surface area contributed by atoms with E-state index >= 15 is 0 Å². The molecule has 0 radical (unpaired) electrons. The van der Waals surface area contributed by atoms with Gasteiger partial charge in [0.15, 0.2) is 34.9 Å². The number of imidazole rings is 4. The summed E-state index contributed by atoms with van der Waals surface area (Å²) < 4.78 is 9.87. The van der Waals surface area contributed by atoms with E-state index in [-0.39, 0.29) is 89.7 Å². The minimum Gasteiger partial charge on any atom is -0.348 e. The fourth-order valence-electron chi connectivity index (χ4n) is 7.65. The number of carbonyl (C=O) groups is 6. The topological polar surface area (TPSA) is 184 Å². The van der Waals surface area contributed by atoms with Crippen molar-refractivity contribution >= 4 is 34.7 Å². The number of ketones is 6. The first-order valence-corrected chi connectivity index (χ1v) is 20.5. The Balaban J connectivity index is 1.05. The number of rotatable bonds is 17. The fourth-order valence-corrected chi connectivity index (χ4v) is 7.65. The lowest BCUT2D eigenvalue weighted by molar-refractivity contribution is 0.0848. The zero-order valence-electron chi connectivity index (χ0n) is 37.8. The zero-order chi connectivity index (χ0) is 45.6. The summed E-state index contributed by atoms with van der Waals surface area (Å²) in [5.41, 5.74) is 3.85. The van der Waals surface area contributed by atoms with Crippen LogP contribution < -0.4 is 0 Å². The van der Waals surface area contributed by atoms with Gasteiger partial charge in [-0.15, -0.1) is 0 Å². The highest BCUT2D eigenvalue weighted by atomic mass is 16.1. The van der Waals surface area contributed by atoms with Gasteiger partial charge in [0.25, 0.3) is 0 Å². The molecule has 0 spiro atoms. The highest BCUT2D eigenvalue weighted by Crippen LogP contribution is 2.24. The third-order valence-electron chi connectivity index (χ3n) is 10.5. The third kappa shape index (κ3) is 10.1. The number of aromatic nitrogens is 10. The van der Waals surface area contributed by atoms with Crippen molar-refractivity contribution in [3.63, 3.8) is 0 Å². The van der Waals surface area contributed by atoms with E-state index < -0.39 is 5.41 Å². The molecule has 16 heteroatoms. The predicted octanol–water partition coefficient (Wildman–Crippen LogP) is 5.24. The molecule has 16 nitrogen and oxygen atoms in total. The summed E-state index contributed by atoms with van der Waals surface area (Å²) in [6.45, 7) is 11.9. The maximum Gasteiger partial charge on any atom is 0.204 e. The van der Waals surface area contributed by atoms with Crippen molar-refractivity contribution in [2.24, 2.45) is 53.1 Å². The molecular weight excluding hydrogens is 789 g/mol. The minimum absolute atomic E-state index is 0.00875. The van der Waals surface area contributed by atoms with E-state index in [4.69, 9.17) is 0 Å². The Morgan fingerprint density at radius 3 is 1.13 bits per heavy atom. The van der Waals surface area contributed by atoms with Gasteiger partial charge in [-0.3, -0.25) is 28.8 Å². The Bertz CT molecular complexity index is 2750. The van der Waals surface area contributed by atoms with Crippen molar-refractivity contribution in [2.75, 3.05) is 0 Å². The molecule has 0 saturated carbocycles. The van der Waals surface area contributed by atoms with Crippen molar-refractivity contribution in [2.45, 2.75) is 80.1 Å². The van der Waals surface area contributed by atoms with E-state index in [2.05, 4.69) is 40.7 Å². The van der Waals surface area contributed by atoms with Crippen molar-refractivity contribution in [3.05, 3.63) is 118 Å². The number of nitrogens with zero attached hydrogens (tertiary/aromatic N) is 10. The van der Waals surface area contributed by atoms with Gasteiger partial charge in [0, 0.05) is 97.7 Å². The maximum atomic E-state index is 13.5. The molecular formula is C46H56N10O6. The lowest BCUT2D eigenvalue weighted by atomic mass is 9.89. The molecule has 0 N–H and O–H groups in total. The quantitative estimate of drug-likeness (QED) is 0.110. The van der Waals surface area contributed by atoms with Crippen molar-refractivity contribution < 1.29 is 28.8 Å². The number of Topliss-reactive ketones (excluding diaryl/α,β-unsaturated/α-hetero) is 6. The first-order chi connectivity index (χ1) is 28.9. The molecule has 62 heavy (non-hydrogen) atoms. The van der Waals surface area contributed by atoms with Gasteiger partial charge in [-0.1, -0.05) is 41.5 Å². The van der Waals surface area contributed by atoms with Crippen LogP contribution in [0.5, 0.6) is 0 Å². The molecule has 0 saturated heterocycles. The van der Waals surface area contributed by atoms with Crippen LogP contribution in [0, 0.1) is 10.8 Å². The normalized spacial score (nSPS) is 12.0. The molecule has 6 rings (SSSR count). The molecule has 0 aliphatic carbocycles. The average Bonchev–Trinajstić information content (AvgIpc) is 4.00. The highest BCUT2D eigenvalue weighted by Gasteiger charge is 2.27. The molecule has 326 valence electrons. The number of carbonyl (C=O) groups excluding carboxylic acids is 6. The minimum atomic E-state index is -0.554. The van der Waals surface area contributed by atoms with Crippen LogP contribution in [-0.2, 0) is 80.8 Å². The fraction of sp³-hybridized carbons (Fsp3) is 0.435. The second-order valence-electron chi connectivity index (χ2n) is 18.7. The molecule has 6 aromatic rings. The van der Waals surface area contributed by atoms with E-state index in [1.807, 2.05) is 27.0 Å². The molecule has 0 fully saturated rings. The monoisotopic (exact) mass is 844 g/mol. The molecule has 0 aliphatic rings. The number of aryl methyl sites for hydroxylation is 6. The molecule has 0 atom stereocenters. The smallest absolute Gasteiger partial charge is 0.204 e. The first-order valence-electron chi connectivity index (χ1n) is 20.5. The summed E-state index contributed by atoms with van der Waals surface area (Å²) in [6, 6.07) is 3.45. The van der Waals surface area contributed by atoms with Crippen molar-refractivity contribution in [1.29, 1.82) is 0 Å². The maximum absolute atomic E-state index is 13.5. The number of hydrogen-bond donors (Lipinski definition) is 0. The Morgan fingerprint density at radius 2 is 0.742 bits per heavy atom. The predicted molar refractivity (Wildman–Crippen MR) is 231 cm³/mol. The molecule has 0 unspecified atom stereocenters. The van der Waals surface area contributed by atoms with E-state index in [1.54, 1.807) is 113 Å². The van der Waals surface area contributed by atoms with Crippen LogP contribution in [0.1, 0.15) is 139 Å². The lowest BCUT2D eigenvalue weighted by Gasteiger charge is -2.16. The van der Waals surface area contributed by atoms with Crippen LogP contribution in [0.15, 0.2) is 49.3 Å². The van der Waals surface area contributed by atoms with Gasteiger partial charge >= 0.3 is 0 Å². The standard InChI is InChI=1S/C46H56N10O6/c1-45(2,3)20-32-26-56(12)44(50-32)39(61)19-31-25-55(11)43(49-31)38(60)18-30-24-54(10)42(48-30)37(59)17-29-23-53(9)41(47-29)36(58)16-27-13-33(51(7)21-27)35(57)15-28-14-34(52(8)22-28)40(62)46(4,5)6/h13-14,21-26H,15-20H2,1-12H3. The van der Waals surface area contributed by atoms with Crippen LogP contribution >= 0.6 is 0 Å². The Hall–Kier alpha value is -6.58. The van der Waals surface area contributed by atoms with Crippen LogP contribution in [0.25, 0.3) is 0 Å². The summed E-state index contributed by atoms with van der Waals surface area (Å²) in [4.78, 5) is 97.7. The zero-order valence-corrected chi connectivity index (χ0v) is 37.8. The molecule has 0 bridgehead atoms. The van der Waals surface area contributed by atoms with Gasteiger partial charge < -0.3 is 27.4 Å². The van der Waals surface area contributed by atoms with E-state index in [0.29, 0.717) is 39.9 Å². The van der Waals surface area contributed by atoms with E-state index in [9.17, 15) is 28.8 Å². The van der Waals surface area contributed by atoms with E-state index in [0.717, 1.165) is 17.7 Å².